The van der Waals surface area contributed by atoms with Gasteiger partial charge in [-0.2, -0.15) is 5.10 Å². The first-order valence-electron chi connectivity index (χ1n) is 6.45. The molecule has 0 unspecified atom stereocenters. The third-order valence-corrected chi connectivity index (χ3v) is 3.76. The fourth-order valence-corrected chi connectivity index (χ4v) is 2.35. The topological polar surface area (TPSA) is 34.9 Å². The highest BCUT2D eigenvalue weighted by Crippen LogP contribution is 2.23. The van der Waals surface area contributed by atoms with Crippen LogP contribution in [-0.4, -0.2) is 15.6 Å². The number of Topliss-reactive ketones (excluding diaryl/α,β-unsaturated/α-hetero) is 1. The number of aromatic nitrogens is 2. The second-order valence-corrected chi connectivity index (χ2v) is 5.08. The predicted octanol–water partition coefficient (Wildman–Crippen LogP) is 3.74. The largest absolute Gasteiger partial charge is 0.294 e. The molecule has 0 spiro atoms. The molecule has 0 aliphatic carbocycles. The Kier molecular flexibility index (Phi) is 4.23. The van der Waals surface area contributed by atoms with Crippen LogP contribution in [0.25, 0.3) is 0 Å². The highest BCUT2D eigenvalue weighted by Gasteiger charge is 2.19. The van der Waals surface area contributed by atoms with Crippen molar-refractivity contribution in [1.82, 2.24) is 9.78 Å². The van der Waals surface area contributed by atoms with Crippen LogP contribution in [0.2, 0.25) is 5.02 Å². The Labute approximate surface area is 122 Å². The Bertz CT molecular complexity index is 664. The van der Waals surface area contributed by atoms with Crippen LogP contribution >= 0.6 is 11.6 Å². The zero-order valence-electron chi connectivity index (χ0n) is 11.7. The van der Waals surface area contributed by atoms with Crippen LogP contribution in [0.3, 0.4) is 0 Å². The van der Waals surface area contributed by atoms with E-state index in [1.165, 1.54) is 6.07 Å². The van der Waals surface area contributed by atoms with Crippen molar-refractivity contribution < 1.29 is 9.18 Å². The van der Waals surface area contributed by atoms with Gasteiger partial charge in [0.05, 0.1) is 28.4 Å². The van der Waals surface area contributed by atoms with Crippen LogP contribution in [-0.2, 0) is 13.0 Å². The molecule has 1 aromatic heterocycles. The minimum absolute atomic E-state index is 0.0495. The van der Waals surface area contributed by atoms with Crippen LogP contribution in [0, 0.1) is 19.7 Å². The van der Waals surface area contributed by atoms with Gasteiger partial charge < -0.3 is 0 Å². The summed E-state index contributed by atoms with van der Waals surface area (Å²) in [5, 5.41) is 4.73. The number of carbonyl (C=O) groups is 1. The standard InChI is InChI=1S/C15H16ClFN2O/c1-4-19-12(14(16)10(3)18-19)8-13(20)11-7-5-6-9(2)15(11)17/h5-7H,4,8H2,1-3H3. The lowest BCUT2D eigenvalue weighted by Crippen LogP contribution is -2.12. The quantitative estimate of drug-likeness (QED) is 0.805. The molecule has 3 nitrogen and oxygen atoms in total. The third-order valence-electron chi connectivity index (χ3n) is 3.27. The normalized spacial score (nSPS) is 10.8. The first-order chi connectivity index (χ1) is 9.45. The van der Waals surface area contributed by atoms with E-state index < -0.39 is 5.82 Å². The molecule has 0 N–H and O–H groups in total. The SMILES string of the molecule is CCn1nc(C)c(Cl)c1CC(=O)c1cccc(C)c1F. The lowest BCUT2D eigenvalue weighted by molar-refractivity contribution is 0.0986. The zero-order valence-corrected chi connectivity index (χ0v) is 12.5. The third kappa shape index (κ3) is 2.61. The molecule has 0 saturated carbocycles. The first-order valence-corrected chi connectivity index (χ1v) is 6.83. The lowest BCUT2D eigenvalue weighted by atomic mass is 10.0. The Balaban J connectivity index is 2.35. The lowest BCUT2D eigenvalue weighted by Gasteiger charge is -2.07. The molecule has 0 atom stereocenters. The van der Waals surface area contributed by atoms with E-state index in [2.05, 4.69) is 5.10 Å². The second kappa shape index (κ2) is 5.75. The van der Waals surface area contributed by atoms with Crippen LogP contribution < -0.4 is 0 Å². The Morgan fingerprint density at radius 3 is 2.75 bits per heavy atom. The molecule has 5 heteroatoms. The molecular formula is C15H16ClFN2O. The van der Waals surface area contributed by atoms with Crippen LogP contribution in [0.1, 0.15) is 34.2 Å². The van der Waals surface area contributed by atoms with Crippen molar-refractivity contribution in [2.45, 2.75) is 33.7 Å². The average Bonchev–Trinajstić information content (AvgIpc) is 2.69. The number of halogens is 2. The molecule has 0 bridgehead atoms. The summed E-state index contributed by atoms with van der Waals surface area (Å²) in [5.41, 5.74) is 1.88. The maximum absolute atomic E-state index is 14.0. The molecule has 0 fully saturated rings. The summed E-state index contributed by atoms with van der Waals surface area (Å²) in [6.45, 7) is 5.96. The summed E-state index contributed by atoms with van der Waals surface area (Å²) < 4.78 is 15.7. The van der Waals surface area contributed by atoms with Crippen LogP contribution in [0.5, 0.6) is 0 Å². The van der Waals surface area contributed by atoms with Gasteiger partial charge in [-0.25, -0.2) is 4.39 Å². The highest BCUT2D eigenvalue weighted by atomic mass is 35.5. The number of benzene rings is 1. The van der Waals surface area contributed by atoms with Gasteiger partial charge in [-0.3, -0.25) is 9.48 Å². The highest BCUT2D eigenvalue weighted by molar-refractivity contribution is 6.32. The maximum atomic E-state index is 14.0. The summed E-state index contributed by atoms with van der Waals surface area (Å²) >= 11 is 6.17. The summed E-state index contributed by atoms with van der Waals surface area (Å²) in [6.07, 6.45) is 0.0495. The van der Waals surface area contributed by atoms with E-state index in [-0.39, 0.29) is 17.8 Å². The van der Waals surface area contributed by atoms with Gasteiger partial charge in [-0.05, 0) is 32.4 Å². The van der Waals surface area contributed by atoms with Gasteiger partial charge >= 0.3 is 0 Å². The van der Waals surface area contributed by atoms with Gasteiger partial charge in [0.1, 0.15) is 5.82 Å². The Hall–Kier alpha value is -1.68. The van der Waals surface area contributed by atoms with Crippen molar-refractivity contribution in [1.29, 1.82) is 0 Å². The molecule has 20 heavy (non-hydrogen) atoms. The molecule has 2 aromatic rings. The molecule has 0 amide bonds. The van der Waals surface area contributed by atoms with Gasteiger partial charge in [0.25, 0.3) is 0 Å². The Morgan fingerprint density at radius 1 is 1.40 bits per heavy atom. The van der Waals surface area contributed by atoms with Gasteiger partial charge in [-0.15, -0.1) is 0 Å². The average molecular weight is 295 g/mol. The minimum Gasteiger partial charge on any atom is -0.294 e. The van der Waals surface area contributed by atoms with Crippen molar-refractivity contribution in [3.63, 3.8) is 0 Å². The minimum atomic E-state index is -0.465. The van der Waals surface area contributed by atoms with Crippen molar-refractivity contribution in [2.75, 3.05) is 0 Å². The number of rotatable bonds is 4. The monoisotopic (exact) mass is 294 g/mol. The fourth-order valence-electron chi connectivity index (χ4n) is 2.15. The molecule has 106 valence electrons. The summed E-state index contributed by atoms with van der Waals surface area (Å²) in [6, 6.07) is 4.81. The van der Waals surface area contributed by atoms with Crippen molar-refractivity contribution in [3.8, 4) is 0 Å². The summed E-state index contributed by atoms with van der Waals surface area (Å²) in [5.74, 6) is -0.754. The fraction of sp³-hybridized carbons (Fsp3) is 0.333. The van der Waals surface area contributed by atoms with E-state index in [1.807, 2.05) is 6.92 Å². The molecule has 0 radical (unpaired) electrons. The molecule has 0 aliphatic rings. The maximum Gasteiger partial charge on any atom is 0.171 e. The van der Waals surface area contributed by atoms with Crippen LogP contribution in [0.15, 0.2) is 18.2 Å². The molecule has 1 aromatic carbocycles. The molecule has 0 aliphatic heterocycles. The summed E-state index contributed by atoms with van der Waals surface area (Å²) in [7, 11) is 0. The molecule has 2 rings (SSSR count). The first kappa shape index (κ1) is 14.7. The van der Waals surface area contributed by atoms with E-state index in [0.29, 0.717) is 28.5 Å². The number of aryl methyl sites for hydroxylation is 3. The van der Waals surface area contributed by atoms with Crippen molar-refractivity contribution in [3.05, 3.63) is 51.6 Å². The van der Waals surface area contributed by atoms with E-state index in [4.69, 9.17) is 11.6 Å². The second-order valence-electron chi connectivity index (χ2n) is 4.70. The zero-order chi connectivity index (χ0) is 14.9. The van der Waals surface area contributed by atoms with Gasteiger partial charge in [-0.1, -0.05) is 23.7 Å². The van der Waals surface area contributed by atoms with E-state index in [0.717, 1.165) is 0 Å². The summed E-state index contributed by atoms with van der Waals surface area (Å²) in [4.78, 5) is 12.3. The number of hydrogen-bond acceptors (Lipinski definition) is 2. The molecular weight excluding hydrogens is 279 g/mol. The van der Waals surface area contributed by atoms with Gasteiger partial charge in [0, 0.05) is 6.54 Å². The van der Waals surface area contributed by atoms with E-state index >= 15 is 0 Å². The number of carbonyl (C=O) groups excluding carboxylic acids is 1. The predicted molar refractivity (Wildman–Crippen MR) is 76.8 cm³/mol. The number of ketones is 1. The smallest absolute Gasteiger partial charge is 0.171 e. The Morgan fingerprint density at radius 2 is 2.10 bits per heavy atom. The van der Waals surface area contributed by atoms with Crippen LogP contribution in [0.4, 0.5) is 4.39 Å². The van der Waals surface area contributed by atoms with Gasteiger partial charge in [0.2, 0.25) is 0 Å². The van der Waals surface area contributed by atoms with Crippen molar-refractivity contribution in [2.24, 2.45) is 0 Å². The molecule has 1 heterocycles. The molecule has 0 saturated heterocycles. The van der Waals surface area contributed by atoms with Gasteiger partial charge in [0.15, 0.2) is 5.78 Å². The van der Waals surface area contributed by atoms with E-state index in [1.54, 1.807) is 30.7 Å². The van der Waals surface area contributed by atoms with Crippen molar-refractivity contribution >= 4 is 17.4 Å². The number of nitrogens with zero attached hydrogens (tertiary/aromatic N) is 2. The number of hydrogen-bond donors (Lipinski definition) is 0. The van der Waals surface area contributed by atoms with E-state index in [9.17, 15) is 9.18 Å².